The van der Waals surface area contributed by atoms with Crippen molar-refractivity contribution in [2.24, 2.45) is 11.8 Å². The average molecular weight is 554 g/mol. The van der Waals surface area contributed by atoms with Crippen LogP contribution in [0.5, 0.6) is 0 Å². The van der Waals surface area contributed by atoms with Gasteiger partial charge in [-0.25, -0.2) is 4.79 Å². The molecular weight excluding hydrogens is 510 g/mol. The number of nitrogens with one attached hydrogen (secondary N) is 3. The van der Waals surface area contributed by atoms with Crippen molar-refractivity contribution in [2.45, 2.75) is 85.4 Å². The highest BCUT2D eigenvalue weighted by Crippen LogP contribution is 2.12. The molecule has 218 valence electrons. The molecule has 0 fully saturated rings. The molecule has 0 aliphatic rings. The van der Waals surface area contributed by atoms with Gasteiger partial charge >= 0.3 is 5.97 Å². The van der Waals surface area contributed by atoms with E-state index >= 15 is 0 Å². The first kappa shape index (κ1) is 32.5. The van der Waals surface area contributed by atoms with E-state index in [9.17, 15) is 19.2 Å². The zero-order valence-electron chi connectivity index (χ0n) is 24.3. The number of carbonyl (C=O) groups is 4. The van der Waals surface area contributed by atoms with E-state index < -0.39 is 47.9 Å². The molecule has 2 aromatic rings. The second kappa shape index (κ2) is 16.4. The molecule has 0 spiro atoms. The Morgan fingerprint density at radius 2 is 1.23 bits per heavy atom. The Hall–Kier alpha value is -3.72. The summed E-state index contributed by atoms with van der Waals surface area (Å²) in [7, 11) is 0. The highest BCUT2D eigenvalue weighted by atomic mass is 16.5. The Morgan fingerprint density at radius 3 is 1.73 bits per heavy atom. The van der Waals surface area contributed by atoms with Crippen molar-refractivity contribution in [3.05, 3.63) is 71.8 Å². The lowest BCUT2D eigenvalue weighted by atomic mass is 9.99. The number of ether oxygens (including phenoxy) is 2. The fourth-order valence-corrected chi connectivity index (χ4v) is 4.07. The molecule has 40 heavy (non-hydrogen) atoms. The van der Waals surface area contributed by atoms with E-state index in [4.69, 9.17) is 9.47 Å². The Morgan fingerprint density at radius 1 is 0.700 bits per heavy atom. The van der Waals surface area contributed by atoms with E-state index in [-0.39, 0.29) is 25.0 Å². The molecule has 4 unspecified atom stereocenters. The molecule has 0 heterocycles. The van der Waals surface area contributed by atoms with E-state index in [0.29, 0.717) is 6.42 Å². The zero-order chi connectivity index (χ0) is 29.7. The summed E-state index contributed by atoms with van der Waals surface area (Å²) in [6.07, 6.45) is -0.307. The number of carbonyl (C=O) groups excluding carboxylic acids is 4. The molecule has 4 atom stereocenters. The van der Waals surface area contributed by atoms with Crippen LogP contribution >= 0.6 is 0 Å². The summed E-state index contributed by atoms with van der Waals surface area (Å²) in [4.78, 5) is 51.5. The highest BCUT2D eigenvalue weighted by Gasteiger charge is 2.34. The molecule has 0 aliphatic heterocycles. The summed E-state index contributed by atoms with van der Waals surface area (Å²) in [6.45, 7) is 10.8. The van der Waals surface area contributed by atoms with Crippen LogP contribution in [0, 0.1) is 11.8 Å². The third-order valence-corrected chi connectivity index (χ3v) is 6.25. The maximum Gasteiger partial charge on any atom is 0.328 e. The lowest BCUT2D eigenvalue weighted by Crippen LogP contribution is -2.59. The lowest BCUT2D eigenvalue weighted by Gasteiger charge is -2.29. The van der Waals surface area contributed by atoms with E-state index in [2.05, 4.69) is 16.0 Å². The van der Waals surface area contributed by atoms with Crippen molar-refractivity contribution < 1.29 is 28.7 Å². The first-order chi connectivity index (χ1) is 19.0. The normalized spacial score (nSPS) is 14.1. The predicted molar refractivity (Wildman–Crippen MR) is 153 cm³/mol. The van der Waals surface area contributed by atoms with Crippen molar-refractivity contribution in [2.75, 3.05) is 0 Å². The number of esters is 1. The van der Waals surface area contributed by atoms with Crippen LogP contribution in [0.2, 0.25) is 0 Å². The number of hydrogen-bond donors (Lipinski definition) is 3. The average Bonchev–Trinajstić information content (AvgIpc) is 2.92. The maximum absolute atomic E-state index is 13.4. The quantitative estimate of drug-likeness (QED) is 0.290. The highest BCUT2D eigenvalue weighted by molar-refractivity contribution is 5.93. The van der Waals surface area contributed by atoms with E-state index in [1.54, 1.807) is 20.8 Å². The molecule has 9 heteroatoms. The van der Waals surface area contributed by atoms with Crippen LogP contribution in [0.3, 0.4) is 0 Å². The molecule has 0 radical (unpaired) electrons. The van der Waals surface area contributed by atoms with Crippen LogP contribution in [0.4, 0.5) is 0 Å². The monoisotopic (exact) mass is 553 g/mol. The Kier molecular flexibility index (Phi) is 13.3. The molecular formula is C31H43N3O6. The minimum absolute atomic E-state index is 0.0910. The first-order valence-electron chi connectivity index (χ1n) is 13.7. The van der Waals surface area contributed by atoms with Gasteiger partial charge in [-0.05, 0) is 36.3 Å². The SMILES string of the molecule is CC(=O)NC(C(=O)NC(C(=O)NC(CC(C)C)C(=O)OCc1ccccc1)C(C)C)C(C)OCc1ccccc1. The van der Waals surface area contributed by atoms with Gasteiger partial charge in [0.15, 0.2) is 0 Å². The number of amides is 3. The minimum atomic E-state index is -1.03. The van der Waals surface area contributed by atoms with Gasteiger partial charge < -0.3 is 25.4 Å². The Labute approximate surface area is 237 Å². The number of hydrogen-bond acceptors (Lipinski definition) is 6. The molecule has 9 nitrogen and oxygen atoms in total. The van der Waals surface area contributed by atoms with Gasteiger partial charge in [-0.3, -0.25) is 14.4 Å². The standard InChI is InChI=1S/C31H43N3O6/c1-20(2)17-26(31(38)40-19-25-15-11-8-12-16-25)33-29(36)27(21(3)4)34-30(37)28(32-23(6)35)22(5)39-18-24-13-9-7-10-14-24/h7-16,20-22,26-28H,17-19H2,1-6H3,(H,32,35)(H,33,36)(H,34,37). The summed E-state index contributed by atoms with van der Waals surface area (Å²) in [6, 6.07) is 15.9. The number of benzene rings is 2. The summed E-state index contributed by atoms with van der Waals surface area (Å²) in [5.41, 5.74) is 1.76. The molecule has 0 aliphatic carbocycles. The smallest absolute Gasteiger partial charge is 0.328 e. The van der Waals surface area contributed by atoms with E-state index in [1.165, 1.54) is 6.92 Å². The van der Waals surface area contributed by atoms with Gasteiger partial charge in [0.1, 0.15) is 24.7 Å². The molecule has 0 bridgehead atoms. The largest absolute Gasteiger partial charge is 0.459 e. The zero-order valence-corrected chi connectivity index (χ0v) is 24.3. The molecule has 0 saturated carbocycles. The Bertz CT molecular complexity index is 1090. The molecule has 2 aromatic carbocycles. The second-order valence-corrected chi connectivity index (χ2v) is 10.7. The van der Waals surface area contributed by atoms with Gasteiger partial charge in [-0.15, -0.1) is 0 Å². The van der Waals surface area contributed by atoms with Gasteiger partial charge in [0.25, 0.3) is 0 Å². The predicted octanol–water partition coefficient (Wildman–Crippen LogP) is 3.51. The molecule has 3 amide bonds. The maximum atomic E-state index is 13.4. The third kappa shape index (κ3) is 11.2. The summed E-state index contributed by atoms with van der Waals surface area (Å²) < 4.78 is 11.4. The van der Waals surface area contributed by atoms with Gasteiger partial charge in [0.05, 0.1) is 12.7 Å². The summed E-state index contributed by atoms with van der Waals surface area (Å²) in [5.74, 6) is -2.21. The molecule has 2 rings (SSSR count). The fraction of sp³-hybridized carbons (Fsp3) is 0.484. The topological polar surface area (TPSA) is 123 Å². The Balaban J connectivity index is 2.09. The fourth-order valence-electron chi connectivity index (χ4n) is 4.07. The molecule has 0 saturated heterocycles. The number of rotatable bonds is 15. The van der Waals surface area contributed by atoms with Crippen molar-refractivity contribution in [1.82, 2.24) is 16.0 Å². The first-order valence-corrected chi connectivity index (χ1v) is 13.7. The minimum Gasteiger partial charge on any atom is -0.459 e. The van der Waals surface area contributed by atoms with Crippen LogP contribution in [0.25, 0.3) is 0 Å². The molecule has 3 N–H and O–H groups in total. The van der Waals surface area contributed by atoms with Crippen LogP contribution in [0.15, 0.2) is 60.7 Å². The lowest BCUT2D eigenvalue weighted by molar-refractivity contribution is -0.150. The second-order valence-electron chi connectivity index (χ2n) is 10.7. The van der Waals surface area contributed by atoms with Crippen LogP contribution in [0.1, 0.15) is 59.1 Å². The van der Waals surface area contributed by atoms with Crippen molar-refractivity contribution in [1.29, 1.82) is 0 Å². The van der Waals surface area contributed by atoms with Gasteiger partial charge in [-0.2, -0.15) is 0 Å². The summed E-state index contributed by atoms with van der Waals surface area (Å²) >= 11 is 0. The summed E-state index contributed by atoms with van der Waals surface area (Å²) in [5, 5.41) is 8.17. The third-order valence-electron chi connectivity index (χ3n) is 6.25. The van der Waals surface area contributed by atoms with E-state index in [1.807, 2.05) is 74.5 Å². The van der Waals surface area contributed by atoms with Crippen molar-refractivity contribution >= 4 is 23.7 Å². The molecule has 0 aromatic heterocycles. The van der Waals surface area contributed by atoms with Crippen LogP contribution < -0.4 is 16.0 Å². The van der Waals surface area contributed by atoms with Crippen LogP contribution in [-0.4, -0.2) is 47.9 Å². The van der Waals surface area contributed by atoms with Gasteiger partial charge in [0, 0.05) is 6.92 Å². The van der Waals surface area contributed by atoms with Crippen molar-refractivity contribution in [3.63, 3.8) is 0 Å². The van der Waals surface area contributed by atoms with Crippen LogP contribution in [-0.2, 0) is 41.9 Å². The van der Waals surface area contributed by atoms with E-state index in [0.717, 1.165) is 11.1 Å². The van der Waals surface area contributed by atoms with Gasteiger partial charge in [0.2, 0.25) is 17.7 Å². The van der Waals surface area contributed by atoms with Crippen molar-refractivity contribution in [3.8, 4) is 0 Å². The van der Waals surface area contributed by atoms with Gasteiger partial charge in [-0.1, -0.05) is 88.4 Å².